The number of rotatable bonds is 6. The van der Waals surface area contributed by atoms with Crippen molar-refractivity contribution >= 4 is 29.3 Å². The Morgan fingerprint density at radius 3 is 2.90 bits per heavy atom. The van der Waals surface area contributed by atoms with Gasteiger partial charge in [0.15, 0.2) is 0 Å². The SMILES string of the molecule is CC[C@H](C)c1ccccc1NC(=O)CSc1n[nH]c(N)n1. The molecule has 0 aliphatic carbocycles. The van der Waals surface area contributed by atoms with Crippen LogP contribution in [0.5, 0.6) is 0 Å². The molecule has 0 saturated heterocycles. The summed E-state index contributed by atoms with van der Waals surface area (Å²) in [6, 6.07) is 7.88. The largest absolute Gasteiger partial charge is 0.368 e. The highest BCUT2D eigenvalue weighted by Gasteiger charge is 2.12. The van der Waals surface area contributed by atoms with E-state index in [0.717, 1.165) is 17.7 Å². The maximum absolute atomic E-state index is 12.0. The Hall–Kier alpha value is -2.02. The highest BCUT2D eigenvalue weighted by molar-refractivity contribution is 7.99. The maximum Gasteiger partial charge on any atom is 0.234 e. The number of carbonyl (C=O) groups excluding carboxylic acids is 1. The quantitative estimate of drug-likeness (QED) is 0.713. The molecule has 1 aromatic heterocycles. The number of para-hydroxylation sites is 1. The van der Waals surface area contributed by atoms with Gasteiger partial charge in [0.2, 0.25) is 17.0 Å². The minimum Gasteiger partial charge on any atom is -0.368 e. The molecule has 0 aliphatic rings. The zero-order valence-electron chi connectivity index (χ0n) is 12.1. The van der Waals surface area contributed by atoms with Gasteiger partial charge in [-0.2, -0.15) is 4.98 Å². The van der Waals surface area contributed by atoms with Gasteiger partial charge in [0, 0.05) is 5.69 Å². The van der Waals surface area contributed by atoms with E-state index in [0.29, 0.717) is 11.1 Å². The zero-order chi connectivity index (χ0) is 15.2. The fourth-order valence-electron chi connectivity index (χ4n) is 1.90. The second kappa shape index (κ2) is 7.12. The van der Waals surface area contributed by atoms with Crippen molar-refractivity contribution in [1.82, 2.24) is 15.2 Å². The van der Waals surface area contributed by atoms with Gasteiger partial charge in [0.25, 0.3) is 0 Å². The summed E-state index contributed by atoms with van der Waals surface area (Å²) in [6.45, 7) is 4.28. The lowest BCUT2D eigenvalue weighted by Gasteiger charge is -2.15. The number of thioether (sulfide) groups is 1. The normalized spacial score (nSPS) is 12.1. The van der Waals surface area contributed by atoms with E-state index in [-0.39, 0.29) is 17.6 Å². The molecule has 6 nitrogen and oxygen atoms in total. The van der Waals surface area contributed by atoms with Gasteiger partial charge in [-0.25, -0.2) is 5.10 Å². The second-order valence-corrected chi connectivity index (χ2v) is 5.68. The van der Waals surface area contributed by atoms with Crippen molar-refractivity contribution < 1.29 is 4.79 Å². The summed E-state index contributed by atoms with van der Waals surface area (Å²) >= 11 is 1.24. The molecular weight excluding hydrogens is 286 g/mol. The molecule has 1 aromatic carbocycles. The average Bonchev–Trinajstić information content (AvgIpc) is 2.90. The summed E-state index contributed by atoms with van der Waals surface area (Å²) in [7, 11) is 0. The van der Waals surface area contributed by atoms with Gasteiger partial charge in [0.1, 0.15) is 0 Å². The third-order valence-corrected chi connectivity index (χ3v) is 4.04. The standard InChI is InChI=1S/C14H19N5OS/c1-3-9(2)10-6-4-5-7-11(10)16-12(20)8-21-14-17-13(15)18-19-14/h4-7,9H,3,8H2,1-2H3,(H,16,20)(H3,15,17,18,19)/t9-/m0/s1. The smallest absolute Gasteiger partial charge is 0.234 e. The summed E-state index contributed by atoms with van der Waals surface area (Å²) in [5.74, 6) is 0.813. The van der Waals surface area contributed by atoms with Gasteiger partial charge in [-0.3, -0.25) is 4.79 Å². The van der Waals surface area contributed by atoms with Crippen LogP contribution in [0.1, 0.15) is 31.7 Å². The van der Waals surface area contributed by atoms with Crippen molar-refractivity contribution in [3.63, 3.8) is 0 Å². The van der Waals surface area contributed by atoms with Gasteiger partial charge in [-0.05, 0) is 24.0 Å². The predicted molar refractivity (Wildman–Crippen MR) is 85.3 cm³/mol. The van der Waals surface area contributed by atoms with Crippen molar-refractivity contribution in [2.24, 2.45) is 0 Å². The van der Waals surface area contributed by atoms with E-state index in [1.807, 2.05) is 24.3 Å². The molecule has 1 atom stereocenters. The first-order valence-electron chi connectivity index (χ1n) is 6.79. The van der Waals surface area contributed by atoms with Gasteiger partial charge < -0.3 is 11.1 Å². The van der Waals surface area contributed by atoms with Crippen molar-refractivity contribution in [3.05, 3.63) is 29.8 Å². The predicted octanol–water partition coefficient (Wildman–Crippen LogP) is 2.63. The topological polar surface area (TPSA) is 96.7 Å². The van der Waals surface area contributed by atoms with Crippen LogP contribution >= 0.6 is 11.8 Å². The Morgan fingerprint density at radius 1 is 1.48 bits per heavy atom. The number of nitrogens with zero attached hydrogens (tertiary/aromatic N) is 2. The Bertz CT molecular complexity index is 613. The number of hydrogen-bond donors (Lipinski definition) is 3. The monoisotopic (exact) mass is 305 g/mol. The average molecular weight is 305 g/mol. The van der Waals surface area contributed by atoms with Gasteiger partial charge in [-0.15, -0.1) is 5.10 Å². The van der Waals surface area contributed by atoms with Crippen LogP contribution in [-0.2, 0) is 4.79 Å². The van der Waals surface area contributed by atoms with Crippen LogP contribution in [0.2, 0.25) is 0 Å². The zero-order valence-corrected chi connectivity index (χ0v) is 12.9. The third kappa shape index (κ3) is 4.22. The minimum absolute atomic E-state index is 0.0841. The van der Waals surface area contributed by atoms with E-state index in [1.54, 1.807) is 0 Å². The Morgan fingerprint density at radius 2 is 2.24 bits per heavy atom. The third-order valence-electron chi connectivity index (χ3n) is 3.19. The Kier molecular flexibility index (Phi) is 5.21. The summed E-state index contributed by atoms with van der Waals surface area (Å²) in [6.07, 6.45) is 1.03. The number of anilines is 2. The van der Waals surface area contributed by atoms with E-state index in [2.05, 4.69) is 34.3 Å². The van der Waals surface area contributed by atoms with Crippen LogP contribution in [0.3, 0.4) is 0 Å². The molecule has 0 radical (unpaired) electrons. The number of benzene rings is 1. The number of aromatic nitrogens is 3. The highest BCUT2D eigenvalue weighted by atomic mass is 32.2. The van der Waals surface area contributed by atoms with Crippen LogP contribution in [0.25, 0.3) is 0 Å². The number of H-pyrrole nitrogens is 1. The summed E-state index contributed by atoms with van der Waals surface area (Å²) in [5, 5.41) is 9.83. The molecular formula is C14H19N5OS. The van der Waals surface area contributed by atoms with E-state index >= 15 is 0 Å². The number of carbonyl (C=O) groups is 1. The first kappa shape index (κ1) is 15.4. The number of aromatic amines is 1. The lowest BCUT2D eigenvalue weighted by atomic mass is 9.97. The molecule has 1 amide bonds. The van der Waals surface area contributed by atoms with Crippen LogP contribution in [-0.4, -0.2) is 26.8 Å². The first-order chi connectivity index (χ1) is 10.1. The molecule has 0 aliphatic heterocycles. The maximum atomic E-state index is 12.0. The molecule has 0 fully saturated rings. The molecule has 0 spiro atoms. The van der Waals surface area contributed by atoms with Crippen molar-refractivity contribution in [3.8, 4) is 0 Å². The number of nitrogen functional groups attached to an aromatic ring is 1. The van der Waals surface area contributed by atoms with Gasteiger partial charge in [-0.1, -0.05) is 43.8 Å². The summed E-state index contributed by atoms with van der Waals surface area (Å²) < 4.78 is 0. The van der Waals surface area contributed by atoms with Crippen LogP contribution < -0.4 is 11.1 Å². The van der Waals surface area contributed by atoms with E-state index in [1.165, 1.54) is 11.8 Å². The summed E-state index contributed by atoms with van der Waals surface area (Å²) in [4.78, 5) is 16.0. The molecule has 112 valence electrons. The number of hydrogen-bond acceptors (Lipinski definition) is 5. The van der Waals surface area contributed by atoms with Crippen LogP contribution in [0.4, 0.5) is 11.6 Å². The van der Waals surface area contributed by atoms with E-state index in [9.17, 15) is 4.79 Å². The highest BCUT2D eigenvalue weighted by Crippen LogP contribution is 2.26. The Labute approximate surface area is 127 Å². The molecule has 1 heterocycles. The van der Waals surface area contributed by atoms with Crippen LogP contribution in [0.15, 0.2) is 29.4 Å². The lowest BCUT2D eigenvalue weighted by molar-refractivity contribution is -0.113. The molecule has 2 aromatic rings. The fraction of sp³-hybridized carbons (Fsp3) is 0.357. The molecule has 21 heavy (non-hydrogen) atoms. The molecule has 4 N–H and O–H groups in total. The van der Waals surface area contributed by atoms with Gasteiger partial charge in [0.05, 0.1) is 5.75 Å². The number of amides is 1. The number of nitrogens with two attached hydrogens (primary N) is 1. The van der Waals surface area contributed by atoms with Crippen LogP contribution in [0, 0.1) is 0 Å². The first-order valence-corrected chi connectivity index (χ1v) is 7.78. The molecule has 7 heteroatoms. The molecule has 0 bridgehead atoms. The second-order valence-electron chi connectivity index (χ2n) is 4.74. The van der Waals surface area contributed by atoms with Gasteiger partial charge >= 0.3 is 0 Å². The Balaban J connectivity index is 1.96. The fourth-order valence-corrected chi connectivity index (χ4v) is 2.51. The summed E-state index contributed by atoms with van der Waals surface area (Å²) in [5.41, 5.74) is 7.45. The van der Waals surface area contributed by atoms with E-state index in [4.69, 9.17) is 5.73 Å². The number of nitrogens with one attached hydrogen (secondary N) is 2. The molecule has 0 saturated carbocycles. The minimum atomic E-state index is -0.0841. The van der Waals surface area contributed by atoms with Crippen molar-refractivity contribution in [2.75, 3.05) is 16.8 Å². The molecule has 0 unspecified atom stereocenters. The lowest BCUT2D eigenvalue weighted by Crippen LogP contribution is -2.16. The van der Waals surface area contributed by atoms with E-state index < -0.39 is 0 Å². The molecule has 2 rings (SSSR count). The van der Waals surface area contributed by atoms with Crippen molar-refractivity contribution in [1.29, 1.82) is 0 Å². The van der Waals surface area contributed by atoms with Crippen molar-refractivity contribution in [2.45, 2.75) is 31.3 Å².